The Balaban J connectivity index is 1.21. The van der Waals surface area contributed by atoms with E-state index in [2.05, 4.69) is 23.3 Å². The highest BCUT2D eigenvalue weighted by Gasteiger charge is 2.20. The summed E-state index contributed by atoms with van der Waals surface area (Å²) in [5.41, 5.74) is 4.46. The van der Waals surface area contributed by atoms with Gasteiger partial charge in [0.1, 0.15) is 5.01 Å². The van der Waals surface area contributed by atoms with Crippen molar-refractivity contribution in [2.45, 2.75) is 6.92 Å². The van der Waals surface area contributed by atoms with Crippen LogP contribution in [0.15, 0.2) is 97.1 Å². The molecule has 182 valence electrons. The molecule has 4 aromatic carbocycles. The number of hydrogen-bond donors (Lipinski definition) is 1. The van der Waals surface area contributed by atoms with Gasteiger partial charge < -0.3 is 10.1 Å². The number of anilines is 1. The molecule has 1 amide bonds. The zero-order valence-corrected chi connectivity index (χ0v) is 20.7. The van der Waals surface area contributed by atoms with Gasteiger partial charge in [0, 0.05) is 22.4 Å². The van der Waals surface area contributed by atoms with Gasteiger partial charge in [0.05, 0.1) is 15.8 Å². The normalized spacial score (nSPS) is 10.7. The van der Waals surface area contributed by atoms with Crippen LogP contribution in [-0.4, -0.2) is 29.3 Å². The van der Waals surface area contributed by atoms with E-state index < -0.39 is 18.5 Å². The number of benzene rings is 4. The lowest BCUT2D eigenvalue weighted by atomic mass is 9.98. The Morgan fingerprint density at radius 1 is 0.838 bits per heavy atom. The van der Waals surface area contributed by atoms with Crippen molar-refractivity contribution in [2.24, 2.45) is 0 Å². The van der Waals surface area contributed by atoms with Crippen molar-refractivity contribution < 1.29 is 19.1 Å². The first-order valence-electron chi connectivity index (χ1n) is 11.6. The van der Waals surface area contributed by atoms with E-state index in [0.717, 1.165) is 20.8 Å². The third-order valence-corrected chi connectivity index (χ3v) is 6.79. The lowest BCUT2D eigenvalue weighted by Gasteiger charge is -2.10. The van der Waals surface area contributed by atoms with E-state index in [1.807, 2.05) is 30.3 Å². The van der Waals surface area contributed by atoms with E-state index >= 15 is 0 Å². The van der Waals surface area contributed by atoms with E-state index in [0.29, 0.717) is 11.3 Å². The number of amides is 1. The molecule has 0 aliphatic carbocycles. The van der Waals surface area contributed by atoms with Crippen LogP contribution in [0.1, 0.15) is 31.8 Å². The number of nitrogens with zero attached hydrogens (tertiary/aromatic N) is 1. The van der Waals surface area contributed by atoms with Crippen LogP contribution in [-0.2, 0) is 9.53 Å². The minimum Gasteiger partial charge on any atom is -0.452 e. The fraction of sp³-hybridized carbons (Fsp3) is 0.0667. The van der Waals surface area contributed by atoms with Crippen molar-refractivity contribution in [3.05, 3.63) is 119 Å². The average Bonchev–Trinajstić information content (AvgIpc) is 3.35. The highest BCUT2D eigenvalue weighted by atomic mass is 32.1. The van der Waals surface area contributed by atoms with Gasteiger partial charge in [0.15, 0.2) is 12.4 Å². The second kappa shape index (κ2) is 10.6. The second-order valence-corrected chi connectivity index (χ2v) is 9.46. The molecular formula is C30H22N2O4S. The maximum atomic E-state index is 12.9. The van der Waals surface area contributed by atoms with Crippen LogP contribution in [0.4, 0.5) is 5.69 Å². The van der Waals surface area contributed by atoms with Gasteiger partial charge in [-0.05, 0) is 55.0 Å². The second-order valence-electron chi connectivity index (χ2n) is 8.43. The molecule has 0 saturated heterocycles. The first kappa shape index (κ1) is 24.1. The third-order valence-electron chi connectivity index (χ3n) is 5.72. The predicted molar refractivity (Wildman–Crippen MR) is 145 cm³/mol. The molecule has 0 unspecified atom stereocenters. The minimum absolute atomic E-state index is 0.111. The molecule has 0 saturated carbocycles. The molecule has 0 fully saturated rings. The predicted octanol–water partition coefficient (Wildman–Crippen LogP) is 6.30. The van der Waals surface area contributed by atoms with Crippen molar-refractivity contribution in [3.8, 4) is 10.6 Å². The number of thiazole rings is 1. The summed E-state index contributed by atoms with van der Waals surface area (Å²) in [6, 6.07) is 28.6. The molecule has 5 rings (SSSR count). The Kier molecular flexibility index (Phi) is 6.87. The third kappa shape index (κ3) is 5.47. The van der Waals surface area contributed by atoms with Gasteiger partial charge >= 0.3 is 5.97 Å². The van der Waals surface area contributed by atoms with Crippen molar-refractivity contribution in [3.63, 3.8) is 0 Å². The Labute approximate surface area is 217 Å². The van der Waals surface area contributed by atoms with Crippen LogP contribution in [0.3, 0.4) is 0 Å². The molecule has 0 atom stereocenters. The minimum atomic E-state index is -0.739. The van der Waals surface area contributed by atoms with Crippen LogP contribution < -0.4 is 5.32 Å². The molecule has 0 aliphatic heterocycles. The number of aryl methyl sites for hydroxylation is 1. The number of ether oxygens (including phenoxy) is 1. The monoisotopic (exact) mass is 506 g/mol. The number of nitrogens with one attached hydrogen (secondary N) is 1. The quantitative estimate of drug-likeness (QED) is 0.207. The summed E-state index contributed by atoms with van der Waals surface area (Å²) in [5, 5.41) is 3.62. The molecule has 37 heavy (non-hydrogen) atoms. The van der Waals surface area contributed by atoms with Crippen LogP contribution in [0.2, 0.25) is 0 Å². The summed E-state index contributed by atoms with van der Waals surface area (Å²) in [7, 11) is 0. The molecular weight excluding hydrogens is 484 g/mol. The SMILES string of the molecule is Cc1ccc2nc(-c3ccc(NC(=O)COC(=O)c4ccccc4C(=O)c4ccccc4)cc3)sc2c1. The Bertz CT molecular complexity index is 1610. The zero-order valence-electron chi connectivity index (χ0n) is 19.9. The number of aromatic nitrogens is 1. The topological polar surface area (TPSA) is 85.4 Å². The number of hydrogen-bond acceptors (Lipinski definition) is 6. The highest BCUT2D eigenvalue weighted by molar-refractivity contribution is 7.21. The first-order valence-corrected chi connectivity index (χ1v) is 12.4. The molecule has 1 aromatic heterocycles. The van der Waals surface area contributed by atoms with Crippen molar-refractivity contribution in [1.29, 1.82) is 0 Å². The van der Waals surface area contributed by atoms with Crippen LogP contribution in [0.5, 0.6) is 0 Å². The molecule has 0 bridgehead atoms. The molecule has 0 spiro atoms. The van der Waals surface area contributed by atoms with Crippen molar-refractivity contribution in [2.75, 3.05) is 11.9 Å². The van der Waals surface area contributed by atoms with Crippen LogP contribution in [0, 0.1) is 6.92 Å². The van der Waals surface area contributed by atoms with Gasteiger partial charge in [-0.3, -0.25) is 9.59 Å². The summed E-state index contributed by atoms with van der Waals surface area (Å²) in [6.07, 6.45) is 0. The van der Waals surface area contributed by atoms with E-state index in [4.69, 9.17) is 4.74 Å². The molecule has 6 nitrogen and oxygen atoms in total. The van der Waals surface area contributed by atoms with E-state index in [9.17, 15) is 14.4 Å². The fourth-order valence-corrected chi connectivity index (χ4v) is 4.93. The van der Waals surface area contributed by atoms with Gasteiger partial charge in [-0.15, -0.1) is 11.3 Å². The van der Waals surface area contributed by atoms with E-state index in [1.54, 1.807) is 65.9 Å². The van der Waals surface area contributed by atoms with Gasteiger partial charge in [0.25, 0.3) is 5.91 Å². The van der Waals surface area contributed by atoms with Crippen LogP contribution in [0.25, 0.3) is 20.8 Å². The van der Waals surface area contributed by atoms with Gasteiger partial charge in [-0.2, -0.15) is 0 Å². The highest BCUT2D eigenvalue weighted by Crippen LogP contribution is 2.31. The Morgan fingerprint density at radius 3 is 2.30 bits per heavy atom. The largest absolute Gasteiger partial charge is 0.452 e. The van der Waals surface area contributed by atoms with Crippen LogP contribution >= 0.6 is 11.3 Å². The molecule has 0 aliphatic rings. The number of esters is 1. The maximum Gasteiger partial charge on any atom is 0.339 e. The molecule has 5 aromatic rings. The maximum absolute atomic E-state index is 12.9. The summed E-state index contributed by atoms with van der Waals surface area (Å²) in [6.45, 7) is 1.57. The summed E-state index contributed by atoms with van der Waals surface area (Å²) in [5.74, 6) is -1.51. The number of fused-ring (bicyclic) bond motifs is 1. The smallest absolute Gasteiger partial charge is 0.339 e. The first-order chi connectivity index (χ1) is 18.0. The van der Waals surface area contributed by atoms with Crippen molar-refractivity contribution in [1.82, 2.24) is 4.98 Å². The van der Waals surface area contributed by atoms with Gasteiger partial charge in [0.2, 0.25) is 0 Å². The molecule has 1 N–H and O–H groups in total. The number of ketones is 1. The average molecular weight is 507 g/mol. The fourth-order valence-electron chi connectivity index (χ4n) is 3.86. The van der Waals surface area contributed by atoms with E-state index in [-0.39, 0.29) is 16.9 Å². The summed E-state index contributed by atoms with van der Waals surface area (Å²) < 4.78 is 6.34. The number of carbonyl (C=O) groups excluding carboxylic acids is 3. The van der Waals surface area contributed by atoms with Crippen molar-refractivity contribution >= 4 is 44.9 Å². The molecule has 0 radical (unpaired) electrons. The van der Waals surface area contributed by atoms with Gasteiger partial charge in [-0.25, -0.2) is 9.78 Å². The Morgan fingerprint density at radius 2 is 1.54 bits per heavy atom. The Hall–Kier alpha value is -4.62. The number of carbonyl (C=O) groups is 3. The lowest BCUT2D eigenvalue weighted by molar-refractivity contribution is -0.119. The van der Waals surface area contributed by atoms with E-state index in [1.165, 1.54) is 11.6 Å². The molecule has 7 heteroatoms. The zero-order chi connectivity index (χ0) is 25.8. The lowest BCUT2D eigenvalue weighted by Crippen LogP contribution is -2.22. The molecule has 1 heterocycles. The number of rotatable bonds is 7. The summed E-state index contributed by atoms with van der Waals surface area (Å²) >= 11 is 1.62. The van der Waals surface area contributed by atoms with Gasteiger partial charge in [-0.1, -0.05) is 54.6 Å². The summed E-state index contributed by atoms with van der Waals surface area (Å²) in [4.78, 5) is 42.7. The standard InChI is InChI=1S/C30H22N2O4S/c1-19-11-16-25-26(17-19)37-29(32-25)21-12-14-22(15-13-21)31-27(33)18-36-30(35)24-10-6-5-9-23(24)28(34)20-7-3-2-4-8-20/h2-17H,18H2,1H3,(H,31,33).